The molecular weight excluding hydrogens is 426 g/mol. The third kappa shape index (κ3) is 3.69. The van der Waals surface area contributed by atoms with Crippen LogP contribution in [-0.2, 0) is 16.1 Å². The maximum Gasteiger partial charge on any atom is 0.336 e. The zero-order valence-electron chi connectivity index (χ0n) is 19.1. The Morgan fingerprint density at radius 2 is 1.59 bits per heavy atom. The van der Waals surface area contributed by atoms with E-state index in [0.29, 0.717) is 34.8 Å². The average Bonchev–Trinajstić information content (AvgIpc) is 3.14. The van der Waals surface area contributed by atoms with Crippen molar-refractivity contribution in [2.24, 2.45) is 0 Å². The van der Waals surface area contributed by atoms with Gasteiger partial charge in [-0.05, 0) is 25.5 Å². The van der Waals surface area contributed by atoms with Crippen LogP contribution in [0, 0.1) is 0 Å². The highest BCUT2D eigenvalue weighted by molar-refractivity contribution is 6.23. The molecular formula is C29H25NO4. The molecule has 1 N–H and O–H groups in total. The second-order valence-electron chi connectivity index (χ2n) is 8.29. The highest BCUT2D eigenvalue weighted by atomic mass is 16.5. The molecule has 1 heterocycles. The van der Waals surface area contributed by atoms with Gasteiger partial charge in [-0.3, -0.25) is 4.79 Å². The molecule has 2 aliphatic rings. The molecule has 3 aromatic carbocycles. The van der Waals surface area contributed by atoms with Crippen molar-refractivity contribution in [1.82, 2.24) is 5.32 Å². The summed E-state index contributed by atoms with van der Waals surface area (Å²) in [5.74, 6) is -0.508. The molecule has 5 rings (SSSR count). The summed E-state index contributed by atoms with van der Waals surface area (Å²) in [4.78, 5) is 26.8. The van der Waals surface area contributed by atoms with Crippen LogP contribution in [-0.4, -0.2) is 18.4 Å². The van der Waals surface area contributed by atoms with Gasteiger partial charge in [-0.2, -0.15) is 0 Å². The lowest BCUT2D eigenvalue weighted by Crippen LogP contribution is -2.29. The number of ether oxygens (including phenoxy) is 2. The summed E-state index contributed by atoms with van der Waals surface area (Å²) in [6, 6.07) is 25.0. The molecule has 0 unspecified atom stereocenters. The van der Waals surface area contributed by atoms with Crippen LogP contribution < -0.4 is 10.1 Å². The zero-order valence-corrected chi connectivity index (χ0v) is 19.1. The van der Waals surface area contributed by atoms with Crippen LogP contribution in [0.4, 0.5) is 0 Å². The minimum absolute atomic E-state index is 0.0877. The van der Waals surface area contributed by atoms with Crippen LogP contribution in [0.5, 0.6) is 5.75 Å². The number of rotatable bonds is 6. The van der Waals surface area contributed by atoms with Gasteiger partial charge in [0, 0.05) is 28.0 Å². The fourth-order valence-electron chi connectivity index (χ4n) is 4.71. The number of para-hydroxylation sites is 1. The Kier molecular flexibility index (Phi) is 5.76. The summed E-state index contributed by atoms with van der Waals surface area (Å²) in [5, 5.41) is 3.33. The van der Waals surface area contributed by atoms with Gasteiger partial charge in [-0.15, -0.1) is 0 Å². The van der Waals surface area contributed by atoms with Crippen LogP contribution in [0.1, 0.15) is 46.8 Å². The average molecular weight is 452 g/mol. The molecule has 34 heavy (non-hydrogen) atoms. The summed E-state index contributed by atoms with van der Waals surface area (Å²) in [6.45, 7) is 4.24. The maximum absolute atomic E-state index is 13.6. The van der Waals surface area contributed by atoms with Crippen LogP contribution in [0.3, 0.4) is 0 Å². The lowest BCUT2D eigenvalue weighted by molar-refractivity contribution is -0.138. The van der Waals surface area contributed by atoms with E-state index in [1.807, 2.05) is 85.8 Å². The second kappa shape index (κ2) is 9.02. The van der Waals surface area contributed by atoms with Gasteiger partial charge in [0.2, 0.25) is 0 Å². The predicted octanol–water partition coefficient (Wildman–Crippen LogP) is 5.40. The van der Waals surface area contributed by atoms with Gasteiger partial charge in [0.1, 0.15) is 12.4 Å². The van der Waals surface area contributed by atoms with E-state index in [2.05, 4.69) is 5.32 Å². The number of benzene rings is 3. The molecule has 170 valence electrons. The first kappa shape index (κ1) is 21.7. The second-order valence-corrected chi connectivity index (χ2v) is 8.29. The van der Waals surface area contributed by atoms with Crippen molar-refractivity contribution in [3.63, 3.8) is 0 Å². The summed E-state index contributed by atoms with van der Waals surface area (Å²) < 4.78 is 11.7. The molecule has 0 saturated heterocycles. The number of allylic oxidation sites excluding steroid dienone is 2. The highest BCUT2D eigenvalue weighted by Gasteiger charge is 2.43. The maximum atomic E-state index is 13.6. The zero-order chi connectivity index (χ0) is 23.7. The number of Topliss-reactive ketones (excluding diaryl/α,β-unsaturated/α-hetero) is 1. The number of hydrogen-bond acceptors (Lipinski definition) is 5. The molecule has 0 fully saturated rings. The summed E-state index contributed by atoms with van der Waals surface area (Å²) in [6.07, 6.45) is 0. The van der Waals surface area contributed by atoms with Crippen molar-refractivity contribution in [2.75, 3.05) is 6.61 Å². The van der Waals surface area contributed by atoms with Gasteiger partial charge in [-0.25, -0.2) is 4.79 Å². The summed E-state index contributed by atoms with van der Waals surface area (Å²) in [5.41, 5.74) is 5.66. The van der Waals surface area contributed by atoms with E-state index in [9.17, 15) is 9.59 Å². The first-order valence-electron chi connectivity index (χ1n) is 11.4. The fourth-order valence-corrected chi connectivity index (χ4v) is 4.71. The van der Waals surface area contributed by atoms with Gasteiger partial charge in [0.15, 0.2) is 5.78 Å². The summed E-state index contributed by atoms with van der Waals surface area (Å²) in [7, 11) is 0. The first-order chi connectivity index (χ1) is 16.6. The molecule has 0 spiro atoms. The van der Waals surface area contributed by atoms with Crippen molar-refractivity contribution in [3.8, 4) is 5.75 Å². The molecule has 5 heteroatoms. The number of carbonyl (C=O) groups is 2. The fraction of sp³-hybridized carbons (Fsp3) is 0.172. The van der Waals surface area contributed by atoms with E-state index in [1.165, 1.54) is 0 Å². The number of ketones is 1. The number of esters is 1. The van der Waals surface area contributed by atoms with Crippen LogP contribution in [0.2, 0.25) is 0 Å². The largest absolute Gasteiger partial charge is 0.489 e. The highest BCUT2D eigenvalue weighted by Crippen LogP contribution is 2.48. The predicted molar refractivity (Wildman–Crippen MR) is 130 cm³/mol. The van der Waals surface area contributed by atoms with E-state index in [1.54, 1.807) is 6.92 Å². The minimum atomic E-state index is -0.609. The SMILES string of the molecule is CCOC(=O)C1=C(C)NC2=C(C(=O)c3ccccc32)[C@@H]1c1ccccc1OCc1ccccc1. The number of dihydropyridines is 1. The third-order valence-electron chi connectivity index (χ3n) is 6.21. The topological polar surface area (TPSA) is 64.6 Å². The number of hydrogen-bond donors (Lipinski definition) is 1. The Labute approximate surface area is 198 Å². The Balaban J connectivity index is 1.63. The molecule has 0 saturated carbocycles. The van der Waals surface area contributed by atoms with Crippen molar-refractivity contribution in [2.45, 2.75) is 26.4 Å². The van der Waals surface area contributed by atoms with Crippen LogP contribution in [0.25, 0.3) is 5.70 Å². The Morgan fingerprint density at radius 1 is 0.912 bits per heavy atom. The van der Waals surface area contributed by atoms with Crippen molar-refractivity contribution < 1.29 is 19.1 Å². The van der Waals surface area contributed by atoms with Crippen LogP contribution >= 0.6 is 0 Å². The van der Waals surface area contributed by atoms with E-state index >= 15 is 0 Å². The van der Waals surface area contributed by atoms with E-state index < -0.39 is 11.9 Å². The van der Waals surface area contributed by atoms with Gasteiger partial charge >= 0.3 is 5.97 Å². The summed E-state index contributed by atoms with van der Waals surface area (Å²) >= 11 is 0. The smallest absolute Gasteiger partial charge is 0.336 e. The van der Waals surface area contributed by atoms with E-state index in [-0.39, 0.29) is 12.4 Å². The lowest BCUT2D eigenvalue weighted by Gasteiger charge is -2.30. The molecule has 5 nitrogen and oxygen atoms in total. The Bertz CT molecular complexity index is 1340. The number of nitrogens with one attached hydrogen (secondary N) is 1. The lowest BCUT2D eigenvalue weighted by atomic mass is 9.79. The minimum Gasteiger partial charge on any atom is -0.489 e. The molecule has 1 atom stereocenters. The Hall–Kier alpha value is -4.12. The van der Waals surface area contributed by atoms with E-state index in [4.69, 9.17) is 9.47 Å². The van der Waals surface area contributed by atoms with E-state index in [0.717, 1.165) is 22.4 Å². The molecule has 0 amide bonds. The molecule has 0 bridgehead atoms. The quantitative estimate of drug-likeness (QED) is 0.509. The monoisotopic (exact) mass is 451 g/mol. The number of carbonyl (C=O) groups excluding carboxylic acids is 2. The van der Waals surface area contributed by atoms with Gasteiger partial charge in [0.05, 0.1) is 23.8 Å². The van der Waals surface area contributed by atoms with Crippen molar-refractivity contribution in [3.05, 3.63) is 118 Å². The van der Waals surface area contributed by atoms with Crippen molar-refractivity contribution in [1.29, 1.82) is 0 Å². The molecule has 1 aliphatic heterocycles. The van der Waals surface area contributed by atoms with Crippen molar-refractivity contribution >= 4 is 17.4 Å². The van der Waals surface area contributed by atoms with Gasteiger partial charge < -0.3 is 14.8 Å². The standard InChI is InChI=1S/C29H25NO4/c1-3-33-29(32)24-18(2)30-27-20-13-7-8-14-21(20)28(31)26(27)25(24)22-15-9-10-16-23(22)34-17-19-11-5-4-6-12-19/h4-16,25,30H,3,17H2,1-2H3/t25-/m1/s1. The molecule has 0 radical (unpaired) electrons. The molecule has 3 aromatic rings. The molecule has 1 aliphatic carbocycles. The first-order valence-corrected chi connectivity index (χ1v) is 11.4. The van der Waals surface area contributed by atoms with Crippen LogP contribution in [0.15, 0.2) is 95.7 Å². The molecule has 0 aromatic heterocycles. The number of fused-ring (bicyclic) bond motifs is 2. The Morgan fingerprint density at radius 3 is 2.35 bits per heavy atom. The normalized spacial score (nSPS) is 16.6. The van der Waals surface area contributed by atoms with Gasteiger partial charge in [0.25, 0.3) is 0 Å². The van der Waals surface area contributed by atoms with Gasteiger partial charge in [-0.1, -0.05) is 72.8 Å². The third-order valence-corrected chi connectivity index (χ3v) is 6.21.